The van der Waals surface area contributed by atoms with Gasteiger partial charge < -0.3 is 23.5 Å². The lowest BCUT2D eigenvalue weighted by Gasteiger charge is -2.46. The average Bonchev–Trinajstić information content (AvgIpc) is 1.07. The SMILES string of the molecule is Cc1ccc2c(NC(=O)N3c4nc(C(=O)C[C@H](C)C(F)(F)F)ncc4N4CCC[C@H]3C4)n[nH]c2n1.Cc1ncc(-c2ccnc(NC(=O)N3c4nc(C(=O)C[C@H](C)C(F)(F)F)nc(C)c4N4CCC[C@H]3C4)c2)o1.Cc1ncc(-c2ccnc(NC(=O)N3c4nc(C(=O)C[C@H](C)C(F)(F)F)ncc4N4CCC[C@H]3C4)c2)o1. The highest BCUT2D eigenvalue weighted by atomic mass is 19.4. The zero-order chi connectivity index (χ0) is 78.4. The molecule has 9 aromatic heterocycles. The highest BCUT2D eigenvalue weighted by Crippen LogP contribution is 2.44. The van der Waals surface area contributed by atoms with Gasteiger partial charge in [0.05, 0.1) is 83.1 Å². The van der Waals surface area contributed by atoms with Crippen LogP contribution in [0.1, 0.15) is 134 Å². The van der Waals surface area contributed by atoms with E-state index in [4.69, 9.17) is 8.83 Å². The number of aryl methyl sites for hydroxylation is 4. The summed E-state index contributed by atoms with van der Waals surface area (Å²) >= 11 is 0. The molecule has 578 valence electrons. The number of alkyl halides is 9. The van der Waals surface area contributed by atoms with E-state index in [0.29, 0.717) is 113 Å². The molecule has 6 aliphatic rings. The zero-order valence-corrected chi connectivity index (χ0v) is 60.2. The molecule has 3 saturated heterocycles. The molecule has 6 bridgehead atoms. The van der Waals surface area contributed by atoms with Gasteiger partial charge in [-0.15, -0.1) is 0 Å². The Labute approximate surface area is 620 Å². The summed E-state index contributed by atoms with van der Waals surface area (Å²) in [5.41, 5.74) is 4.78. The minimum Gasteiger partial charge on any atom is -0.441 e. The van der Waals surface area contributed by atoms with Gasteiger partial charge in [0, 0.05) is 102 Å². The number of hydrogen-bond donors (Lipinski definition) is 4. The van der Waals surface area contributed by atoms with Crippen LogP contribution in [0.15, 0.2) is 82.4 Å². The Bertz CT molecular complexity index is 5010. The van der Waals surface area contributed by atoms with E-state index in [-0.39, 0.29) is 64.7 Å². The van der Waals surface area contributed by atoms with Gasteiger partial charge >= 0.3 is 36.6 Å². The van der Waals surface area contributed by atoms with Crippen LogP contribution in [0.25, 0.3) is 33.7 Å². The maximum absolute atomic E-state index is 13.6. The standard InChI is InChI=1S/C25H26F3N7O3.C24H24F3N7O3.C22H23F3N8O2/c1-13(25(26,27)28)9-18(36)22-31-14(2)21-23(33-22)35(17-5-4-8-34(21)12-17)24(37)32-20-10-16(6-7-29-20)19-11-30-15(3)38-19;1-13(24(25,26)27)8-18(35)21-30-10-17-22(32-21)34(16-4-3-7-33(17)12-16)23(36)31-20-9-15(5-6-28-20)19-11-29-14(2)37-19;1-11(22(23,24)25)8-16(34)19-26-9-15-20(28-19)33(13-4-3-7-32(15)10-13)21(35)29-18-14-6-5-12(2)27-17(14)30-31-18/h6-7,10-11,13,17H,4-5,8-9,12H2,1-3H3,(H,29,32,37);5-6,9-11,13,16H,3-4,7-8,12H2,1-2H3,(H,28,31,36);5-6,9,11,13H,3-4,7-8,10H2,1-2H3,(H2,27,29,30,31,35)/t13-,17-;13-,16-;11-,13-/m000/s1. The van der Waals surface area contributed by atoms with Gasteiger partial charge in [-0.2, -0.15) is 44.6 Å². The Kier molecular flexibility index (Phi) is 21.3. The van der Waals surface area contributed by atoms with Crippen molar-refractivity contribution in [3.63, 3.8) is 0 Å². The summed E-state index contributed by atoms with van der Waals surface area (Å²) in [6, 6.07) is 8.07. The molecule has 39 heteroatoms. The van der Waals surface area contributed by atoms with Crippen LogP contribution in [-0.2, 0) is 0 Å². The van der Waals surface area contributed by atoms with Crippen LogP contribution in [0.2, 0.25) is 0 Å². The fourth-order valence-electron chi connectivity index (χ4n) is 13.8. The molecule has 0 radical (unpaired) electrons. The Morgan fingerprint density at radius 1 is 0.500 bits per heavy atom. The van der Waals surface area contributed by atoms with Crippen LogP contribution in [0.4, 0.5) is 106 Å². The molecule has 6 amide bonds. The van der Waals surface area contributed by atoms with E-state index in [9.17, 15) is 68.3 Å². The first-order chi connectivity index (χ1) is 52.2. The number of oxazole rings is 2. The lowest BCUT2D eigenvalue weighted by atomic mass is 9.99. The van der Waals surface area contributed by atoms with Gasteiger partial charge in [0.2, 0.25) is 17.3 Å². The number of halogens is 9. The molecule has 15 heterocycles. The van der Waals surface area contributed by atoms with Gasteiger partial charge in [-0.05, 0) is 88.8 Å². The molecule has 0 aromatic carbocycles. The molecule has 0 aliphatic carbocycles. The minimum absolute atomic E-state index is 0.188. The summed E-state index contributed by atoms with van der Waals surface area (Å²) < 4.78 is 128. The molecule has 6 aliphatic heterocycles. The van der Waals surface area contributed by atoms with Crippen molar-refractivity contribution in [1.29, 1.82) is 0 Å². The van der Waals surface area contributed by atoms with Crippen molar-refractivity contribution in [2.75, 3.05) is 84.6 Å². The van der Waals surface area contributed by atoms with Gasteiger partial charge in [-0.3, -0.25) is 50.1 Å². The number of Topliss-reactive ketones (excluding diaryl/α,β-unsaturated/α-hetero) is 3. The molecule has 15 rings (SSSR count). The largest absolute Gasteiger partial charge is 0.441 e. The number of pyridine rings is 3. The lowest BCUT2D eigenvalue weighted by molar-refractivity contribution is -0.169. The molecule has 3 fully saturated rings. The van der Waals surface area contributed by atoms with E-state index >= 15 is 0 Å². The zero-order valence-electron chi connectivity index (χ0n) is 60.2. The van der Waals surface area contributed by atoms with Gasteiger partial charge in [0.25, 0.3) is 0 Å². The molecule has 9 aromatic rings. The number of amides is 6. The monoisotopic (exact) mass is 1530 g/mol. The number of piperidine rings is 3. The molecular weight excluding hydrogens is 1460 g/mol. The maximum Gasteiger partial charge on any atom is 0.391 e. The first kappa shape index (κ1) is 76.4. The number of fused-ring (bicyclic) bond motifs is 13. The first-order valence-corrected chi connectivity index (χ1v) is 35.3. The van der Waals surface area contributed by atoms with Gasteiger partial charge in [-0.25, -0.2) is 69.2 Å². The molecule has 0 spiro atoms. The fraction of sp³-hybridized carbons (Fsp3) is 0.437. The van der Waals surface area contributed by atoms with Gasteiger partial charge in [0.15, 0.2) is 69.7 Å². The molecular formula is C71H73F9N22O8. The third kappa shape index (κ3) is 16.4. The number of nitrogens with zero attached hydrogens (tertiary/aromatic N) is 18. The Morgan fingerprint density at radius 2 is 0.918 bits per heavy atom. The number of rotatable bonds is 14. The summed E-state index contributed by atoms with van der Waals surface area (Å²) in [7, 11) is 0. The molecule has 0 saturated carbocycles. The minimum atomic E-state index is -4.51. The number of aromatic nitrogens is 13. The number of carbonyl (C=O) groups excluding carboxylic acids is 6. The predicted octanol–water partition coefficient (Wildman–Crippen LogP) is 13.4. The summed E-state index contributed by atoms with van der Waals surface area (Å²) in [5, 5.41) is 15.9. The summed E-state index contributed by atoms with van der Waals surface area (Å²) in [6.07, 6.45) is -2.23. The van der Waals surface area contributed by atoms with Crippen LogP contribution < -0.4 is 45.3 Å². The second-order valence-electron chi connectivity index (χ2n) is 27.7. The number of ketones is 3. The topological polar surface area (TPSA) is 355 Å². The lowest BCUT2D eigenvalue weighted by Crippen LogP contribution is -2.56. The van der Waals surface area contributed by atoms with Crippen molar-refractivity contribution in [3.05, 3.63) is 114 Å². The highest BCUT2D eigenvalue weighted by Gasteiger charge is 2.46. The van der Waals surface area contributed by atoms with E-state index in [2.05, 4.69) is 85.9 Å². The van der Waals surface area contributed by atoms with Crippen LogP contribution >= 0.6 is 0 Å². The van der Waals surface area contributed by atoms with Crippen molar-refractivity contribution < 1.29 is 77.1 Å². The van der Waals surface area contributed by atoms with E-state index < -0.39 is 91.0 Å². The third-order valence-corrected chi connectivity index (χ3v) is 19.7. The number of aromatic amines is 1. The van der Waals surface area contributed by atoms with E-state index in [0.717, 1.165) is 65.4 Å². The van der Waals surface area contributed by atoms with Crippen LogP contribution in [-0.4, -0.2) is 176 Å². The normalized spacial score (nSPS) is 17.9. The van der Waals surface area contributed by atoms with E-state index in [1.807, 2.05) is 16.7 Å². The summed E-state index contributed by atoms with van der Waals surface area (Å²) in [4.78, 5) is 135. The number of anilines is 9. The molecule has 0 unspecified atom stereocenters. The van der Waals surface area contributed by atoms with E-state index in [1.54, 1.807) is 69.6 Å². The summed E-state index contributed by atoms with van der Waals surface area (Å²) in [6.45, 7) is 13.6. The second kappa shape index (κ2) is 30.7. The summed E-state index contributed by atoms with van der Waals surface area (Å²) in [5.74, 6) is -5.59. The van der Waals surface area contributed by atoms with E-state index in [1.165, 1.54) is 39.5 Å². The number of carbonyl (C=O) groups is 6. The fourth-order valence-corrected chi connectivity index (χ4v) is 13.8. The Hall–Kier alpha value is -11.8. The maximum atomic E-state index is 13.6. The van der Waals surface area contributed by atoms with Gasteiger partial charge in [0.1, 0.15) is 17.3 Å². The quantitative estimate of drug-likeness (QED) is 0.0580. The average molecular weight is 1530 g/mol. The van der Waals surface area contributed by atoms with Crippen molar-refractivity contribution in [3.8, 4) is 22.6 Å². The second-order valence-corrected chi connectivity index (χ2v) is 27.7. The number of nitrogens with one attached hydrogen (secondary N) is 4. The van der Waals surface area contributed by atoms with Crippen molar-refractivity contribution >= 4 is 98.4 Å². The van der Waals surface area contributed by atoms with Crippen molar-refractivity contribution in [2.45, 2.75) is 143 Å². The van der Waals surface area contributed by atoms with Crippen LogP contribution in [0.3, 0.4) is 0 Å². The number of H-pyrrole nitrogens is 1. The number of urea groups is 3. The van der Waals surface area contributed by atoms with Gasteiger partial charge in [-0.1, -0.05) is 20.8 Å². The molecule has 30 nitrogen and oxygen atoms in total. The Morgan fingerprint density at radius 3 is 1.36 bits per heavy atom. The predicted molar refractivity (Wildman–Crippen MR) is 381 cm³/mol. The smallest absolute Gasteiger partial charge is 0.391 e. The first-order valence-electron chi connectivity index (χ1n) is 35.3. The molecule has 4 N–H and O–H groups in total. The van der Waals surface area contributed by atoms with Crippen molar-refractivity contribution in [1.82, 2.24) is 65.0 Å². The third-order valence-electron chi connectivity index (χ3n) is 19.7. The van der Waals surface area contributed by atoms with Crippen molar-refractivity contribution in [2.24, 2.45) is 17.8 Å². The number of hydrogen-bond acceptors (Lipinski definition) is 23. The van der Waals surface area contributed by atoms with Crippen LogP contribution in [0.5, 0.6) is 0 Å². The Balaban J connectivity index is 0.000000145. The molecule has 6 atom stereocenters. The molecule has 110 heavy (non-hydrogen) atoms. The van der Waals surface area contributed by atoms with Crippen LogP contribution in [0, 0.1) is 45.4 Å². The highest BCUT2D eigenvalue weighted by molar-refractivity contribution is 6.09.